The molecule has 4 amide bonds. The fourth-order valence-electron chi connectivity index (χ4n) is 2.01. The minimum Gasteiger partial charge on any atom is -0.481 e. The van der Waals surface area contributed by atoms with Gasteiger partial charge < -0.3 is 42.7 Å². The van der Waals surface area contributed by atoms with E-state index in [0.29, 0.717) is 0 Å². The van der Waals surface area contributed by atoms with Gasteiger partial charge in [0.1, 0.15) is 18.1 Å². The molecule has 0 aromatic heterocycles. The number of aliphatic carboxylic acids is 2. The van der Waals surface area contributed by atoms with Crippen molar-refractivity contribution in [1.29, 1.82) is 0 Å². The maximum atomic E-state index is 12.4. The number of nitrogens with two attached hydrogens (primary N) is 2. The molecule has 0 saturated heterocycles. The van der Waals surface area contributed by atoms with Crippen LogP contribution in [0.1, 0.15) is 26.7 Å². The van der Waals surface area contributed by atoms with Crippen molar-refractivity contribution < 1.29 is 44.1 Å². The number of aliphatic hydroxyl groups excluding tert-OH is 1. The first-order valence-corrected chi connectivity index (χ1v) is 8.33. The standard InChI is InChI=1S/C15H25N5O9/c1-5(16)12(25)18-7(3-9(17)22)13(26)20-11(6(2)21)14(27)19-8(15(28)29)4-10(23)24/h5-8,11,21H,3-4,16H2,1-2H3,(H2,17,22)(H,18,25)(H,19,27)(H,20,26)(H,23,24)(H,28,29). The summed E-state index contributed by atoms with van der Waals surface area (Å²) in [5.41, 5.74) is 10.4. The lowest BCUT2D eigenvalue weighted by Crippen LogP contribution is -2.60. The Balaban J connectivity index is 5.39. The second-order valence-corrected chi connectivity index (χ2v) is 6.24. The van der Waals surface area contributed by atoms with Crippen LogP contribution in [0.25, 0.3) is 0 Å². The van der Waals surface area contributed by atoms with Gasteiger partial charge in [0, 0.05) is 0 Å². The van der Waals surface area contributed by atoms with E-state index in [0.717, 1.165) is 6.92 Å². The number of carbonyl (C=O) groups excluding carboxylic acids is 4. The highest BCUT2D eigenvalue weighted by Crippen LogP contribution is 2.01. The van der Waals surface area contributed by atoms with Crippen molar-refractivity contribution in [2.75, 3.05) is 0 Å². The monoisotopic (exact) mass is 419 g/mol. The Labute approximate surface area is 165 Å². The number of hydrogen-bond acceptors (Lipinski definition) is 8. The molecule has 164 valence electrons. The zero-order valence-electron chi connectivity index (χ0n) is 15.7. The van der Waals surface area contributed by atoms with E-state index in [-0.39, 0.29) is 0 Å². The molecule has 0 saturated carbocycles. The highest BCUT2D eigenvalue weighted by Gasteiger charge is 2.33. The Hall–Kier alpha value is -3.26. The van der Waals surface area contributed by atoms with E-state index in [1.165, 1.54) is 6.92 Å². The van der Waals surface area contributed by atoms with Crippen molar-refractivity contribution in [1.82, 2.24) is 16.0 Å². The molecule has 0 rings (SSSR count). The summed E-state index contributed by atoms with van der Waals surface area (Å²) in [6, 6.07) is -6.09. The van der Waals surface area contributed by atoms with Gasteiger partial charge >= 0.3 is 11.9 Å². The van der Waals surface area contributed by atoms with Crippen molar-refractivity contribution in [2.24, 2.45) is 11.5 Å². The fourth-order valence-corrected chi connectivity index (χ4v) is 2.01. The molecule has 0 aliphatic heterocycles. The average Bonchev–Trinajstić information content (AvgIpc) is 2.56. The molecule has 0 fully saturated rings. The summed E-state index contributed by atoms with van der Waals surface area (Å²) in [4.78, 5) is 69.2. The number of primary amides is 1. The number of carbonyl (C=O) groups is 6. The van der Waals surface area contributed by atoms with Gasteiger partial charge in [0.15, 0.2) is 0 Å². The summed E-state index contributed by atoms with van der Waals surface area (Å²) in [5.74, 6) is -7.18. The molecule has 14 heteroatoms. The maximum absolute atomic E-state index is 12.4. The third-order valence-electron chi connectivity index (χ3n) is 3.51. The first-order chi connectivity index (χ1) is 13.3. The normalized spacial score (nSPS) is 15.7. The third kappa shape index (κ3) is 9.48. The van der Waals surface area contributed by atoms with E-state index < -0.39 is 78.7 Å². The van der Waals surface area contributed by atoms with Crippen LogP contribution in [0.3, 0.4) is 0 Å². The third-order valence-corrected chi connectivity index (χ3v) is 3.51. The Kier molecular flexibility index (Phi) is 10.3. The lowest BCUT2D eigenvalue weighted by molar-refractivity contribution is -0.148. The molecule has 0 bridgehead atoms. The first kappa shape index (κ1) is 25.7. The van der Waals surface area contributed by atoms with Crippen LogP contribution in [-0.2, 0) is 28.8 Å². The van der Waals surface area contributed by atoms with Gasteiger partial charge in [-0.05, 0) is 13.8 Å². The quantitative estimate of drug-likeness (QED) is 0.151. The van der Waals surface area contributed by atoms with Crippen molar-refractivity contribution in [2.45, 2.75) is 57.0 Å². The minimum atomic E-state index is -1.82. The lowest BCUT2D eigenvalue weighted by Gasteiger charge is -2.25. The van der Waals surface area contributed by atoms with E-state index >= 15 is 0 Å². The second kappa shape index (κ2) is 11.6. The van der Waals surface area contributed by atoms with E-state index in [1.807, 2.05) is 5.32 Å². The summed E-state index contributed by atoms with van der Waals surface area (Å²) in [6.07, 6.45) is -3.14. The Bertz CT molecular complexity index is 665. The average molecular weight is 419 g/mol. The fraction of sp³-hybridized carbons (Fsp3) is 0.600. The van der Waals surface area contributed by atoms with Gasteiger partial charge in [-0.3, -0.25) is 24.0 Å². The van der Waals surface area contributed by atoms with Gasteiger partial charge in [-0.2, -0.15) is 0 Å². The molecule has 0 aromatic rings. The van der Waals surface area contributed by atoms with Crippen molar-refractivity contribution in [3.05, 3.63) is 0 Å². The molecule has 0 aliphatic rings. The number of hydrogen-bond donors (Lipinski definition) is 8. The predicted molar refractivity (Wildman–Crippen MR) is 94.8 cm³/mol. The van der Waals surface area contributed by atoms with Gasteiger partial charge in [-0.1, -0.05) is 0 Å². The number of carboxylic acids is 2. The Morgan fingerprint density at radius 3 is 1.72 bits per heavy atom. The van der Waals surface area contributed by atoms with Crippen molar-refractivity contribution in [3.8, 4) is 0 Å². The molecule has 5 unspecified atom stereocenters. The molecular weight excluding hydrogens is 394 g/mol. The second-order valence-electron chi connectivity index (χ2n) is 6.24. The van der Waals surface area contributed by atoms with Gasteiger partial charge in [0.05, 0.1) is 25.0 Å². The zero-order chi connectivity index (χ0) is 22.9. The Morgan fingerprint density at radius 1 is 0.828 bits per heavy atom. The van der Waals surface area contributed by atoms with Crippen LogP contribution in [0.4, 0.5) is 0 Å². The summed E-state index contributed by atoms with van der Waals surface area (Å²) >= 11 is 0. The van der Waals surface area contributed by atoms with Crippen LogP contribution in [0.2, 0.25) is 0 Å². The topological polar surface area (TPSA) is 251 Å². The molecule has 0 heterocycles. The molecule has 0 aliphatic carbocycles. The van der Waals surface area contributed by atoms with Crippen molar-refractivity contribution in [3.63, 3.8) is 0 Å². The van der Waals surface area contributed by atoms with E-state index in [9.17, 15) is 33.9 Å². The number of carboxylic acid groups (broad SMARTS) is 2. The Morgan fingerprint density at radius 2 is 1.34 bits per heavy atom. The molecule has 0 spiro atoms. The van der Waals surface area contributed by atoms with E-state index in [2.05, 4.69) is 10.6 Å². The summed E-state index contributed by atoms with van der Waals surface area (Å²) in [5, 5.41) is 33.5. The first-order valence-electron chi connectivity index (χ1n) is 8.33. The minimum absolute atomic E-state index is 0.644. The summed E-state index contributed by atoms with van der Waals surface area (Å²) in [7, 11) is 0. The predicted octanol–water partition coefficient (Wildman–Crippen LogP) is -4.40. The number of rotatable bonds is 12. The lowest BCUT2D eigenvalue weighted by atomic mass is 10.1. The van der Waals surface area contributed by atoms with Gasteiger partial charge in [0.25, 0.3) is 0 Å². The molecule has 0 radical (unpaired) electrons. The zero-order valence-corrected chi connectivity index (χ0v) is 15.7. The number of aliphatic hydroxyl groups is 1. The van der Waals surface area contributed by atoms with Crippen LogP contribution >= 0.6 is 0 Å². The van der Waals surface area contributed by atoms with Gasteiger partial charge in [-0.25, -0.2) is 4.79 Å². The molecule has 0 aromatic carbocycles. The van der Waals surface area contributed by atoms with Crippen LogP contribution in [0, 0.1) is 0 Å². The highest BCUT2D eigenvalue weighted by molar-refractivity contribution is 5.96. The van der Waals surface area contributed by atoms with Gasteiger partial charge in [0.2, 0.25) is 23.6 Å². The maximum Gasteiger partial charge on any atom is 0.326 e. The molecular formula is C15H25N5O9. The highest BCUT2D eigenvalue weighted by atomic mass is 16.4. The molecule has 10 N–H and O–H groups in total. The van der Waals surface area contributed by atoms with E-state index in [4.69, 9.17) is 21.7 Å². The number of amides is 4. The SMILES string of the molecule is CC(N)C(=O)NC(CC(N)=O)C(=O)NC(C(=O)NC(CC(=O)O)C(=O)O)C(C)O. The smallest absolute Gasteiger partial charge is 0.326 e. The number of nitrogens with one attached hydrogen (secondary N) is 3. The largest absolute Gasteiger partial charge is 0.481 e. The van der Waals surface area contributed by atoms with Crippen LogP contribution in [-0.4, -0.2) is 81.2 Å². The molecule has 5 atom stereocenters. The molecule has 29 heavy (non-hydrogen) atoms. The van der Waals surface area contributed by atoms with Crippen molar-refractivity contribution >= 4 is 35.6 Å². The summed E-state index contributed by atoms with van der Waals surface area (Å²) < 4.78 is 0. The molecule has 14 nitrogen and oxygen atoms in total. The van der Waals surface area contributed by atoms with Crippen LogP contribution in [0.5, 0.6) is 0 Å². The summed E-state index contributed by atoms with van der Waals surface area (Å²) in [6.45, 7) is 2.41. The van der Waals surface area contributed by atoms with Crippen LogP contribution < -0.4 is 27.4 Å². The van der Waals surface area contributed by atoms with E-state index in [1.54, 1.807) is 0 Å². The van der Waals surface area contributed by atoms with Crippen LogP contribution in [0.15, 0.2) is 0 Å². The van der Waals surface area contributed by atoms with Gasteiger partial charge in [-0.15, -0.1) is 0 Å².